The van der Waals surface area contributed by atoms with Gasteiger partial charge >= 0.3 is 6.36 Å². The molecule has 0 unspecified atom stereocenters. The first kappa shape index (κ1) is 19.9. The minimum Gasteiger partial charge on any atom is -0.508 e. The smallest absolute Gasteiger partial charge is 0.508 e. The predicted molar refractivity (Wildman–Crippen MR) is 94.2 cm³/mol. The second-order valence-corrected chi connectivity index (χ2v) is 6.31. The summed E-state index contributed by atoms with van der Waals surface area (Å²) in [6.45, 7) is 2.57. The fourth-order valence-corrected chi connectivity index (χ4v) is 3.25. The van der Waals surface area contributed by atoms with Gasteiger partial charge in [-0.3, -0.25) is 15.0 Å². The molecular weight excluding hydrogens is 379 g/mol. The Kier molecular flexibility index (Phi) is 5.71. The molecule has 2 aromatic carbocycles. The number of phenols is 1. The lowest BCUT2D eigenvalue weighted by atomic mass is 9.95. The van der Waals surface area contributed by atoms with Crippen molar-refractivity contribution < 1.29 is 27.9 Å². The van der Waals surface area contributed by atoms with Gasteiger partial charge in [-0.15, -0.1) is 13.2 Å². The number of ether oxygens (including phenoxy) is 1. The fraction of sp³-hybridized carbons (Fsp3) is 0.333. The Morgan fingerprint density at radius 2 is 1.79 bits per heavy atom. The number of nitrogens with one attached hydrogen (secondary N) is 1. The number of nitro benzene ring substituents is 1. The molecule has 1 fully saturated rings. The van der Waals surface area contributed by atoms with Crippen molar-refractivity contribution in [3.8, 4) is 11.5 Å². The Labute approximate surface area is 158 Å². The molecule has 1 heterocycles. The van der Waals surface area contributed by atoms with Crippen molar-refractivity contribution in [1.82, 2.24) is 10.2 Å². The van der Waals surface area contributed by atoms with Gasteiger partial charge in [0.05, 0.1) is 11.0 Å². The summed E-state index contributed by atoms with van der Waals surface area (Å²) in [6, 6.07) is 8.50. The topological polar surface area (TPSA) is 87.9 Å². The van der Waals surface area contributed by atoms with Gasteiger partial charge in [0.2, 0.25) is 0 Å². The lowest BCUT2D eigenvalue weighted by molar-refractivity contribution is -0.385. The molecule has 0 spiro atoms. The molecule has 0 bridgehead atoms. The molecule has 1 atom stereocenters. The number of aromatic hydroxyl groups is 1. The number of nitro groups is 1. The highest BCUT2D eigenvalue weighted by atomic mass is 19.4. The van der Waals surface area contributed by atoms with Crippen molar-refractivity contribution in [3.63, 3.8) is 0 Å². The molecule has 1 aliphatic heterocycles. The molecule has 0 saturated carbocycles. The van der Waals surface area contributed by atoms with Crippen LogP contribution in [0.25, 0.3) is 0 Å². The number of halogens is 3. The highest BCUT2D eigenvalue weighted by molar-refractivity contribution is 5.48. The van der Waals surface area contributed by atoms with Crippen LogP contribution in [0.5, 0.6) is 11.5 Å². The monoisotopic (exact) mass is 397 g/mol. The van der Waals surface area contributed by atoms with Gasteiger partial charge < -0.3 is 15.2 Å². The molecule has 3 rings (SSSR count). The zero-order valence-electron chi connectivity index (χ0n) is 14.6. The molecular formula is C18H18F3N3O4. The van der Waals surface area contributed by atoms with Crippen LogP contribution < -0.4 is 10.1 Å². The van der Waals surface area contributed by atoms with Crippen molar-refractivity contribution >= 4 is 5.69 Å². The minimum absolute atomic E-state index is 0.121. The van der Waals surface area contributed by atoms with Crippen molar-refractivity contribution in [2.24, 2.45) is 0 Å². The van der Waals surface area contributed by atoms with E-state index in [-0.39, 0.29) is 17.2 Å². The molecule has 0 radical (unpaired) electrons. The van der Waals surface area contributed by atoms with Gasteiger partial charge in [0, 0.05) is 43.9 Å². The molecule has 7 nitrogen and oxygen atoms in total. The van der Waals surface area contributed by atoms with E-state index in [1.807, 2.05) is 4.90 Å². The normalized spacial score (nSPS) is 16.5. The third-order valence-corrected chi connectivity index (χ3v) is 4.46. The predicted octanol–water partition coefficient (Wildman–Crippen LogP) is 3.19. The third kappa shape index (κ3) is 4.70. The lowest BCUT2D eigenvalue weighted by Crippen LogP contribution is -2.45. The fourth-order valence-electron chi connectivity index (χ4n) is 3.25. The maximum absolute atomic E-state index is 12.4. The van der Waals surface area contributed by atoms with Crippen LogP contribution in [0, 0.1) is 10.1 Å². The third-order valence-electron chi connectivity index (χ3n) is 4.46. The second kappa shape index (κ2) is 8.03. The first-order valence-electron chi connectivity index (χ1n) is 8.52. The van der Waals surface area contributed by atoms with Gasteiger partial charge in [-0.2, -0.15) is 0 Å². The van der Waals surface area contributed by atoms with Crippen molar-refractivity contribution in [2.45, 2.75) is 12.4 Å². The minimum atomic E-state index is -4.79. The van der Waals surface area contributed by atoms with Crippen LogP contribution in [0.2, 0.25) is 0 Å². The summed E-state index contributed by atoms with van der Waals surface area (Å²) in [4.78, 5) is 12.6. The summed E-state index contributed by atoms with van der Waals surface area (Å²) in [6.07, 6.45) is -4.79. The number of benzene rings is 2. The number of hydrogen-bond donors (Lipinski definition) is 2. The maximum atomic E-state index is 12.4. The van der Waals surface area contributed by atoms with E-state index in [1.54, 1.807) is 0 Å². The van der Waals surface area contributed by atoms with Gasteiger partial charge in [0.25, 0.3) is 5.69 Å². The van der Waals surface area contributed by atoms with Crippen LogP contribution in [0.4, 0.5) is 18.9 Å². The SMILES string of the molecule is O=[N+]([O-])c1ccc(O)c([C@H](c2ccc(OC(F)(F)F)cc2)N2CCNCC2)c1. The average molecular weight is 397 g/mol. The first-order valence-corrected chi connectivity index (χ1v) is 8.52. The molecule has 28 heavy (non-hydrogen) atoms. The molecule has 1 saturated heterocycles. The molecule has 150 valence electrons. The van der Waals surface area contributed by atoms with Crippen LogP contribution in [0.3, 0.4) is 0 Å². The summed E-state index contributed by atoms with van der Waals surface area (Å²) in [5.74, 6) is -0.483. The number of nitrogens with zero attached hydrogens (tertiary/aromatic N) is 2. The van der Waals surface area contributed by atoms with Gasteiger partial charge in [-0.1, -0.05) is 12.1 Å². The Balaban J connectivity index is 2.01. The van der Waals surface area contributed by atoms with Gasteiger partial charge in [-0.05, 0) is 23.8 Å². The van der Waals surface area contributed by atoms with E-state index in [4.69, 9.17) is 0 Å². The Morgan fingerprint density at radius 1 is 1.14 bits per heavy atom. The summed E-state index contributed by atoms with van der Waals surface area (Å²) >= 11 is 0. The molecule has 10 heteroatoms. The lowest BCUT2D eigenvalue weighted by Gasteiger charge is -2.35. The molecule has 0 amide bonds. The Morgan fingerprint density at radius 3 is 2.36 bits per heavy atom. The number of non-ortho nitro benzene ring substituents is 1. The van der Waals surface area contributed by atoms with E-state index in [0.29, 0.717) is 37.3 Å². The van der Waals surface area contributed by atoms with Crippen LogP contribution in [0.15, 0.2) is 42.5 Å². The average Bonchev–Trinajstić information content (AvgIpc) is 2.64. The quantitative estimate of drug-likeness (QED) is 0.595. The Hall–Kier alpha value is -2.85. The molecule has 2 N–H and O–H groups in total. The van der Waals surface area contributed by atoms with E-state index < -0.39 is 17.3 Å². The van der Waals surface area contributed by atoms with Gasteiger partial charge in [0.15, 0.2) is 0 Å². The number of hydrogen-bond acceptors (Lipinski definition) is 6. The summed E-state index contributed by atoms with van der Waals surface area (Å²) in [5.41, 5.74) is 0.734. The van der Waals surface area contributed by atoms with Crippen LogP contribution in [-0.2, 0) is 0 Å². The molecule has 0 aromatic heterocycles. The van der Waals surface area contributed by atoms with Gasteiger partial charge in [-0.25, -0.2) is 0 Å². The standard InChI is InChI=1S/C18H18F3N3O4/c19-18(20,21)28-14-4-1-12(2-5-14)17(23-9-7-22-8-10-23)15-11-13(24(26)27)3-6-16(15)25/h1-6,11,17,22,25H,7-10H2/t17-/m0/s1. The zero-order chi connectivity index (χ0) is 20.3. The zero-order valence-corrected chi connectivity index (χ0v) is 14.6. The highest BCUT2D eigenvalue weighted by Crippen LogP contribution is 2.37. The number of phenolic OH excluding ortho intramolecular Hbond substituents is 1. The number of alkyl halides is 3. The number of rotatable bonds is 5. The van der Waals surface area contributed by atoms with Crippen molar-refractivity contribution in [3.05, 3.63) is 63.7 Å². The second-order valence-electron chi connectivity index (χ2n) is 6.31. The van der Waals surface area contributed by atoms with Crippen molar-refractivity contribution in [1.29, 1.82) is 0 Å². The molecule has 0 aliphatic carbocycles. The van der Waals surface area contributed by atoms with E-state index in [1.165, 1.54) is 42.5 Å². The summed E-state index contributed by atoms with van der Waals surface area (Å²) in [7, 11) is 0. The first-order chi connectivity index (χ1) is 13.2. The number of piperazine rings is 1. The van der Waals surface area contributed by atoms with E-state index in [9.17, 15) is 28.4 Å². The van der Waals surface area contributed by atoms with E-state index >= 15 is 0 Å². The van der Waals surface area contributed by atoms with Crippen LogP contribution >= 0.6 is 0 Å². The van der Waals surface area contributed by atoms with Crippen LogP contribution in [-0.4, -0.2) is 47.5 Å². The summed E-state index contributed by atoms with van der Waals surface area (Å²) < 4.78 is 41.1. The van der Waals surface area contributed by atoms with E-state index in [0.717, 1.165) is 0 Å². The maximum Gasteiger partial charge on any atom is 0.573 e. The van der Waals surface area contributed by atoms with Crippen molar-refractivity contribution in [2.75, 3.05) is 26.2 Å². The van der Waals surface area contributed by atoms with Crippen LogP contribution in [0.1, 0.15) is 17.2 Å². The largest absolute Gasteiger partial charge is 0.573 e. The molecule has 2 aromatic rings. The summed E-state index contributed by atoms with van der Waals surface area (Å²) in [5, 5.41) is 24.7. The highest BCUT2D eigenvalue weighted by Gasteiger charge is 2.32. The van der Waals surface area contributed by atoms with Gasteiger partial charge in [0.1, 0.15) is 11.5 Å². The Bertz CT molecular complexity index is 837. The molecule has 1 aliphatic rings. The van der Waals surface area contributed by atoms with E-state index in [2.05, 4.69) is 10.1 Å².